The topological polar surface area (TPSA) is 33.1 Å². The summed E-state index contributed by atoms with van der Waals surface area (Å²) >= 11 is 5.65. The van der Waals surface area contributed by atoms with Gasteiger partial charge in [0.15, 0.2) is 0 Å². The van der Waals surface area contributed by atoms with E-state index in [-0.39, 0.29) is 21.7 Å². The Morgan fingerprint density at radius 1 is 1.25 bits per heavy atom. The van der Waals surface area contributed by atoms with Crippen LogP contribution in [0.2, 0.25) is 5.15 Å². The molecule has 0 aliphatic heterocycles. The fraction of sp³-hybridized carbons (Fsp3) is 0.100. The van der Waals surface area contributed by atoms with Crippen molar-refractivity contribution in [1.82, 2.24) is 4.98 Å². The van der Waals surface area contributed by atoms with E-state index in [1.165, 1.54) is 18.2 Å². The number of phenolic OH excluding ortho intramolecular Hbond substituents is 1. The first-order valence-corrected chi connectivity index (χ1v) is 4.62. The summed E-state index contributed by atoms with van der Waals surface area (Å²) in [4.78, 5) is 3.42. The number of halogens is 4. The average Bonchev–Trinajstić information content (AvgIpc) is 2.16. The molecule has 2 rings (SSSR count). The molecule has 0 atom stereocenters. The number of rotatable bonds is 0. The second-order valence-corrected chi connectivity index (χ2v) is 3.52. The van der Waals surface area contributed by atoms with Crippen LogP contribution in [0.1, 0.15) is 5.56 Å². The standard InChI is InChI=1S/C10H5ClF3NO/c11-9-8-5(2-1-3-7(8)16)6(4-15-9)10(12,13)14/h1-4,16H. The molecule has 0 saturated carbocycles. The molecule has 0 saturated heterocycles. The third kappa shape index (κ3) is 1.67. The third-order valence-corrected chi connectivity index (χ3v) is 2.44. The van der Waals surface area contributed by atoms with Gasteiger partial charge in [0.1, 0.15) is 10.9 Å². The van der Waals surface area contributed by atoms with Gasteiger partial charge in [-0.05, 0) is 6.07 Å². The Morgan fingerprint density at radius 2 is 1.94 bits per heavy atom. The fourth-order valence-electron chi connectivity index (χ4n) is 1.46. The van der Waals surface area contributed by atoms with Crippen molar-refractivity contribution in [3.63, 3.8) is 0 Å². The summed E-state index contributed by atoms with van der Waals surface area (Å²) in [7, 11) is 0. The number of fused-ring (bicyclic) bond motifs is 1. The summed E-state index contributed by atoms with van der Waals surface area (Å²) in [5.41, 5.74) is -0.914. The highest BCUT2D eigenvalue weighted by Crippen LogP contribution is 2.39. The van der Waals surface area contributed by atoms with E-state index in [2.05, 4.69) is 4.98 Å². The predicted octanol–water partition coefficient (Wildman–Crippen LogP) is 3.61. The molecule has 0 fully saturated rings. The molecule has 0 aliphatic rings. The molecule has 0 bridgehead atoms. The van der Waals surface area contributed by atoms with E-state index in [4.69, 9.17) is 11.6 Å². The van der Waals surface area contributed by atoms with Gasteiger partial charge in [-0.15, -0.1) is 0 Å². The van der Waals surface area contributed by atoms with Crippen LogP contribution in [0, 0.1) is 0 Å². The van der Waals surface area contributed by atoms with E-state index in [1.807, 2.05) is 0 Å². The molecule has 16 heavy (non-hydrogen) atoms. The lowest BCUT2D eigenvalue weighted by atomic mass is 10.1. The number of pyridine rings is 1. The molecular formula is C10H5ClF3NO. The maximum Gasteiger partial charge on any atom is 0.418 e. The van der Waals surface area contributed by atoms with E-state index >= 15 is 0 Å². The molecule has 1 aromatic carbocycles. The molecule has 0 radical (unpaired) electrons. The maximum absolute atomic E-state index is 12.6. The van der Waals surface area contributed by atoms with Crippen molar-refractivity contribution in [3.8, 4) is 5.75 Å². The molecule has 0 amide bonds. The number of phenols is 1. The van der Waals surface area contributed by atoms with Crippen LogP contribution in [0.4, 0.5) is 13.2 Å². The lowest BCUT2D eigenvalue weighted by molar-refractivity contribution is -0.136. The number of nitrogens with zero attached hydrogens (tertiary/aromatic N) is 1. The zero-order chi connectivity index (χ0) is 11.9. The van der Waals surface area contributed by atoms with Gasteiger partial charge < -0.3 is 5.11 Å². The second kappa shape index (κ2) is 3.52. The highest BCUT2D eigenvalue weighted by atomic mass is 35.5. The van der Waals surface area contributed by atoms with E-state index in [0.717, 1.165) is 0 Å². The first-order valence-electron chi connectivity index (χ1n) is 4.24. The number of benzene rings is 1. The summed E-state index contributed by atoms with van der Waals surface area (Å²) < 4.78 is 37.8. The van der Waals surface area contributed by atoms with Crippen molar-refractivity contribution in [3.05, 3.63) is 35.1 Å². The summed E-state index contributed by atoms with van der Waals surface area (Å²) in [6, 6.07) is 3.82. The molecule has 2 nitrogen and oxygen atoms in total. The number of hydrogen-bond acceptors (Lipinski definition) is 2. The van der Waals surface area contributed by atoms with E-state index in [0.29, 0.717) is 6.20 Å². The van der Waals surface area contributed by atoms with Crippen molar-refractivity contribution in [2.75, 3.05) is 0 Å². The molecular weight excluding hydrogens is 243 g/mol. The molecule has 2 aromatic rings. The number of hydrogen-bond donors (Lipinski definition) is 1. The van der Waals surface area contributed by atoms with Crippen molar-refractivity contribution < 1.29 is 18.3 Å². The Morgan fingerprint density at radius 3 is 2.56 bits per heavy atom. The van der Waals surface area contributed by atoms with Crippen molar-refractivity contribution in [1.29, 1.82) is 0 Å². The molecule has 1 aromatic heterocycles. The van der Waals surface area contributed by atoms with E-state index in [1.54, 1.807) is 0 Å². The summed E-state index contributed by atoms with van der Waals surface area (Å²) in [6.45, 7) is 0. The highest BCUT2D eigenvalue weighted by Gasteiger charge is 2.33. The van der Waals surface area contributed by atoms with Gasteiger partial charge in [-0.2, -0.15) is 13.2 Å². The van der Waals surface area contributed by atoms with Gasteiger partial charge in [0.2, 0.25) is 0 Å². The van der Waals surface area contributed by atoms with Gasteiger partial charge in [-0.25, -0.2) is 4.98 Å². The van der Waals surface area contributed by atoms with Crippen LogP contribution in [0.5, 0.6) is 5.75 Å². The van der Waals surface area contributed by atoms with E-state index < -0.39 is 11.7 Å². The van der Waals surface area contributed by atoms with Gasteiger partial charge in [-0.3, -0.25) is 0 Å². The minimum absolute atomic E-state index is 0.0843. The van der Waals surface area contributed by atoms with Crippen molar-refractivity contribution in [2.45, 2.75) is 6.18 Å². The van der Waals surface area contributed by atoms with Crippen LogP contribution >= 0.6 is 11.6 Å². The van der Waals surface area contributed by atoms with E-state index in [9.17, 15) is 18.3 Å². The van der Waals surface area contributed by atoms with Gasteiger partial charge in [-0.1, -0.05) is 23.7 Å². The van der Waals surface area contributed by atoms with Gasteiger partial charge in [0, 0.05) is 11.6 Å². The van der Waals surface area contributed by atoms with Crippen LogP contribution in [0.3, 0.4) is 0 Å². The first kappa shape index (κ1) is 11.0. The maximum atomic E-state index is 12.6. The highest BCUT2D eigenvalue weighted by molar-refractivity contribution is 6.34. The summed E-state index contributed by atoms with van der Waals surface area (Å²) in [5, 5.41) is 9.05. The average molecular weight is 248 g/mol. The molecule has 0 unspecified atom stereocenters. The minimum Gasteiger partial charge on any atom is -0.507 e. The van der Waals surface area contributed by atoms with Crippen LogP contribution in [0.15, 0.2) is 24.4 Å². The predicted molar refractivity (Wildman–Crippen MR) is 53.4 cm³/mol. The Kier molecular flexibility index (Phi) is 2.42. The smallest absolute Gasteiger partial charge is 0.418 e. The molecule has 0 aliphatic carbocycles. The zero-order valence-electron chi connectivity index (χ0n) is 7.72. The summed E-state index contributed by atoms with van der Waals surface area (Å²) in [6.07, 6.45) is -3.87. The third-order valence-electron chi connectivity index (χ3n) is 2.15. The normalized spacial score (nSPS) is 12.0. The monoisotopic (exact) mass is 247 g/mol. The summed E-state index contributed by atoms with van der Waals surface area (Å²) in [5.74, 6) is -0.318. The Bertz CT molecular complexity index is 545. The molecule has 84 valence electrons. The van der Waals surface area contributed by atoms with Crippen molar-refractivity contribution >= 4 is 22.4 Å². The molecule has 1 N–H and O–H groups in total. The first-order chi connectivity index (χ1) is 7.41. The Hall–Kier alpha value is -1.49. The van der Waals surface area contributed by atoms with Crippen molar-refractivity contribution in [2.24, 2.45) is 0 Å². The van der Waals surface area contributed by atoms with Crippen LogP contribution in [0.25, 0.3) is 10.8 Å². The molecule has 0 spiro atoms. The number of aromatic hydroxyl groups is 1. The molecule has 1 heterocycles. The van der Waals surface area contributed by atoms with Crippen LogP contribution < -0.4 is 0 Å². The molecule has 6 heteroatoms. The zero-order valence-corrected chi connectivity index (χ0v) is 8.47. The van der Waals surface area contributed by atoms with Crippen LogP contribution in [-0.2, 0) is 6.18 Å². The number of aromatic nitrogens is 1. The lowest BCUT2D eigenvalue weighted by Crippen LogP contribution is -2.06. The Balaban J connectivity index is 2.90. The van der Waals surface area contributed by atoms with Gasteiger partial charge >= 0.3 is 6.18 Å². The SMILES string of the molecule is Oc1cccc2c(C(F)(F)F)cnc(Cl)c12. The minimum atomic E-state index is -4.52. The lowest BCUT2D eigenvalue weighted by Gasteiger charge is -2.11. The van der Waals surface area contributed by atoms with Crippen LogP contribution in [-0.4, -0.2) is 10.1 Å². The van der Waals surface area contributed by atoms with Gasteiger partial charge in [0.25, 0.3) is 0 Å². The largest absolute Gasteiger partial charge is 0.507 e. The Labute approximate surface area is 93.3 Å². The quantitative estimate of drug-likeness (QED) is 0.722. The van der Waals surface area contributed by atoms with Gasteiger partial charge in [0.05, 0.1) is 10.9 Å². The number of alkyl halides is 3. The fourth-order valence-corrected chi connectivity index (χ4v) is 1.71. The second-order valence-electron chi connectivity index (χ2n) is 3.16.